The van der Waals surface area contributed by atoms with Crippen LogP contribution in [0.1, 0.15) is 24.2 Å². The summed E-state index contributed by atoms with van der Waals surface area (Å²) in [5.41, 5.74) is 10.8. The van der Waals surface area contributed by atoms with Crippen LogP contribution in [-0.2, 0) is 0 Å². The van der Waals surface area contributed by atoms with Crippen LogP contribution in [0.25, 0.3) is 28.0 Å². The molecule has 2 aromatic carbocycles. The second-order valence-electron chi connectivity index (χ2n) is 6.92. The zero-order valence-electron chi connectivity index (χ0n) is 15.8. The van der Waals surface area contributed by atoms with Gasteiger partial charge in [-0.2, -0.15) is 0 Å². The summed E-state index contributed by atoms with van der Waals surface area (Å²) in [7, 11) is 0. The number of rotatable bonds is 5. The average molecular weight is 371 g/mol. The van der Waals surface area contributed by atoms with Gasteiger partial charge in [0.1, 0.15) is 11.4 Å². The Labute approximate surface area is 163 Å². The molecular weight excluding hydrogens is 350 g/mol. The zero-order chi connectivity index (χ0) is 19.7. The van der Waals surface area contributed by atoms with E-state index in [1.807, 2.05) is 68.6 Å². The van der Waals surface area contributed by atoms with E-state index in [2.05, 4.69) is 15.6 Å². The van der Waals surface area contributed by atoms with Crippen molar-refractivity contribution in [3.8, 4) is 28.1 Å². The lowest BCUT2D eigenvalue weighted by atomic mass is 10.1. The molecule has 4 rings (SSSR count). The van der Waals surface area contributed by atoms with Gasteiger partial charge in [0.15, 0.2) is 0 Å². The van der Waals surface area contributed by atoms with Crippen LogP contribution in [0.5, 0.6) is 5.75 Å². The summed E-state index contributed by atoms with van der Waals surface area (Å²) < 4.78 is 7.79. The Hall–Kier alpha value is -3.60. The molecule has 0 fully saturated rings. The highest BCUT2D eigenvalue weighted by Gasteiger charge is 2.09. The van der Waals surface area contributed by atoms with Gasteiger partial charge in [0.2, 0.25) is 5.91 Å². The Kier molecular flexibility index (Phi) is 4.57. The van der Waals surface area contributed by atoms with Crippen LogP contribution in [0.3, 0.4) is 0 Å². The van der Waals surface area contributed by atoms with Crippen molar-refractivity contribution in [2.45, 2.75) is 20.0 Å². The first-order chi connectivity index (χ1) is 13.5. The van der Waals surface area contributed by atoms with E-state index in [0.717, 1.165) is 33.8 Å². The lowest BCUT2D eigenvalue weighted by Crippen LogP contribution is -2.10. The number of nitrogens with two attached hydrogens (primary N) is 1. The Morgan fingerprint density at radius 1 is 0.929 bits per heavy atom. The van der Waals surface area contributed by atoms with Crippen molar-refractivity contribution >= 4 is 11.6 Å². The van der Waals surface area contributed by atoms with E-state index in [1.165, 1.54) is 0 Å². The van der Waals surface area contributed by atoms with Gasteiger partial charge in [-0.1, -0.05) is 12.1 Å². The minimum absolute atomic E-state index is 0.144. The second kappa shape index (κ2) is 7.19. The Morgan fingerprint density at radius 2 is 1.57 bits per heavy atom. The smallest absolute Gasteiger partial charge is 0.248 e. The van der Waals surface area contributed by atoms with Gasteiger partial charge >= 0.3 is 0 Å². The van der Waals surface area contributed by atoms with Crippen LogP contribution >= 0.6 is 0 Å². The van der Waals surface area contributed by atoms with Gasteiger partial charge in [-0.15, -0.1) is 0 Å². The lowest BCUT2D eigenvalue weighted by Gasteiger charge is -2.10. The fourth-order valence-electron chi connectivity index (χ4n) is 3.17. The molecule has 0 saturated carbocycles. The molecule has 0 spiro atoms. The first-order valence-electron chi connectivity index (χ1n) is 9.16. The molecule has 0 radical (unpaired) electrons. The zero-order valence-corrected chi connectivity index (χ0v) is 15.8. The van der Waals surface area contributed by atoms with Crippen molar-refractivity contribution in [1.29, 1.82) is 0 Å². The van der Waals surface area contributed by atoms with Gasteiger partial charge in [0, 0.05) is 17.3 Å². The number of carbonyl (C=O) groups excluding carboxylic acids is 1. The molecule has 5 heteroatoms. The first-order valence-corrected chi connectivity index (χ1v) is 9.16. The molecule has 0 saturated heterocycles. The molecule has 0 aliphatic rings. The maximum atomic E-state index is 11.3. The van der Waals surface area contributed by atoms with Crippen LogP contribution in [0.4, 0.5) is 0 Å². The lowest BCUT2D eigenvalue weighted by molar-refractivity contribution is 0.100. The number of ether oxygens (including phenoxy) is 1. The van der Waals surface area contributed by atoms with Crippen LogP contribution < -0.4 is 10.5 Å². The van der Waals surface area contributed by atoms with Crippen LogP contribution in [-0.4, -0.2) is 21.4 Å². The fourth-order valence-corrected chi connectivity index (χ4v) is 3.17. The second-order valence-corrected chi connectivity index (χ2v) is 6.92. The third-order valence-electron chi connectivity index (χ3n) is 4.53. The molecule has 1 amide bonds. The summed E-state index contributed by atoms with van der Waals surface area (Å²) in [6, 6.07) is 19.3. The van der Waals surface area contributed by atoms with Crippen molar-refractivity contribution in [2.24, 2.45) is 5.73 Å². The SMILES string of the molecule is CC(C)Oc1ccc(-c2cnc3ccc(-c4ccc(C(N)=O)cc4)cn23)cc1. The molecule has 2 aromatic heterocycles. The van der Waals surface area contributed by atoms with Crippen molar-refractivity contribution in [3.63, 3.8) is 0 Å². The van der Waals surface area contributed by atoms with Gasteiger partial charge in [-0.25, -0.2) is 4.98 Å². The van der Waals surface area contributed by atoms with Crippen LogP contribution in [0.2, 0.25) is 0 Å². The molecule has 4 aromatic rings. The molecule has 2 heterocycles. The van der Waals surface area contributed by atoms with Crippen molar-refractivity contribution in [1.82, 2.24) is 9.38 Å². The number of aromatic nitrogens is 2. The molecule has 0 unspecified atom stereocenters. The molecule has 0 atom stereocenters. The minimum Gasteiger partial charge on any atom is -0.491 e. The predicted octanol–water partition coefficient (Wildman–Crippen LogP) is 4.55. The Balaban J connectivity index is 1.71. The molecule has 5 nitrogen and oxygen atoms in total. The molecule has 0 aliphatic heterocycles. The van der Waals surface area contributed by atoms with Gasteiger partial charge in [0.25, 0.3) is 0 Å². The molecule has 140 valence electrons. The van der Waals surface area contributed by atoms with Gasteiger partial charge < -0.3 is 10.5 Å². The molecule has 28 heavy (non-hydrogen) atoms. The van der Waals surface area contributed by atoms with E-state index in [-0.39, 0.29) is 6.10 Å². The third kappa shape index (κ3) is 3.47. The average Bonchev–Trinajstić information content (AvgIpc) is 3.11. The number of hydrogen-bond acceptors (Lipinski definition) is 3. The number of imidazole rings is 1. The Bertz CT molecular complexity index is 1130. The van der Waals surface area contributed by atoms with Crippen LogP contribution in [0.15, 0.2) is 73.1 Å². The number of nitrogens with zero attached hydrogens (tertiary/aromatic N) is 2. The van der Waals surface area contributed by atoms with Crippen LogP contribution in [0, 0.1) is 0 Å². The van der Waals surface area contributed by atoms with Gasteiger partial charge in [0.05, 0.1) is 18.0 Å². The molecular formula is C23H21N3O2. The monoisotopic (exact) mass is 371 g/mol. The highest BCUT2D eigenvalue weighted by atomic mass is 16.5. The van der Waals surface area contributed by atoms with Crippen molar-refractivity contribution in [2.75, 3.05) is 0 Å². The maximum Gasteiger partial charge on any atom is 0.248 e. The highest BCUT2D eigenvalue weighted by molar-refractivity contribution is 5.93. The fraction of sp³-hybridized carbons (Fsp3) is 0.130. The summed E-state index contributed by atoms with van der Waals surface area (Å²) in [6.45, 7) is 4.02. The standard InChI is InChI=1S/C23H21N3O2/c1-15(2)28-20-10-7-17(8-11-20)21-13-25-22-12-9-19(14-26(21)22)16-3-5-18(6-4-16)23(24)27/h3-15H,1-2H3,(H2,24,27). The van der Waals surface area contributed by atoms with E-state index in [1.54, 1.807) is 12.1 Å². The highest BCUT2D eigenvalue weighted by Crippen LogP contribution is 2.27. The largest absolute Gasteiger partial charge is 0.491 e. The first kappa shape index (κ1) is 17.8. The summed E-state index contributed by atoms with van der Waals surface area (Å²) in [4.78, 5) is 15.8. The maximum absolute atomic E-state index is 11.3. The number of carbonyl (C=O) groups is 1. The van der Waals surface area contributed by atoms with E-state index in [0.29, 0.717) is 5.56 Å². The molecule has 0 aliphatic carbocycles. The molecule has 0 bridgehead atoms. The number of fused-ring (bicyclic) bond motifs is 1. The molecule has 2 N–H and O–H groups in total. The van der Waals surface area contributed by atoms with Crippen molar-refractivity contribution in [3.05, 3.63) is 78.6 Å². The topological polar surface area (TPSA) is 69.6 Å². The summed E-state index contributed by atoms with van der Waals surface area (Å²) in [5, 5.41) is 0. The number of hydrogen-bond donors (Lipinski definition) is 1. The van der Waals surface area contributed by atoms with E-state index in [4.69, 9.17) is 10.5 Å². The summed E-state index contributed by atoms with van der Waals surface area (Å²) >= 11 is 0. The number of benzene rings is 2. The quantitative estimate of drug-likeness (QED) is 0.559. The normalized spacial score (nSPS) is 11.1. The predicted molar refractivity (Wildman–Crippen MR) is 110 cm³/mol. The minimum atomic E-state index is -0.427. The van der Waals surface area contributed by atoms with E-state index >= 15 is 0 Å². The van der Waals surface area contributed by atoms with Crippen molar-refractivity contribution < 1.29 is 9.53 Å². The van der Waals surface area contributed by atoms with E-state index in [9.17, 15) is 4.79 Å². The number of amides is 1. The van der Waals surface area contributed by atoms with Gasteiger partial charge in [-0.3, -0.25) is 9.20 Å². The summed E-state index contributed by atoms with van der Waals surface area (Å²) in [6.07, 6.45) is 4.06. The Morgan fingerprint density at radius 3 is 2.21 bits per heavy atom. The summed E-state index contributed by atoms with van der Waals surface area (Å²) in [5.74, 6) is 0.423. The number of pyridine rings is 1. The number of primary amides is 1. The third-order valence-corrected chi connectivity index (χ3v) is 4.53. The van der Waals surface area contributed by atoms with Gasteiger partial charge in [-0.05, 0) is 73.5 Å². The van der Waals surface area contributed by atoms with E-state index < -0.39 is 5.91 Å².